The minimum absolute atomic E-state index is 0.207. The molecular formula is C18H22N2OS. The monoisotopic (exact) mass is 314 g/mol. The fraction of sp³-hybridized carbons (Fsp3) is 0.278. The van der Waals surface area contributed by atoms with Crippen LogP contribution >= 0.6 is 11.3 Å². The predicted octanol–water partition coefficient (Wildman–Crippen LogP) is 4.62. The molecule has 0 aliphatic rings. The molecule has 0 aliphatic heterocycles. The van der Waals surface area contributed by atoms with Gasteiger partial charge in [0.05, 0.1) is 4.88 Å². The van der Waals surface area contributed by atoms with Crippen molar-refractivity contribution in [3.8, 4) is 0 Å². The largest absolute Gasteiger partial charge is 0.365 e. The Balaban J connectivity index is 0.000000172. The number of hydrogen-bond donors (Lipinski definition) is 2. The van der Waals surface area contributed by atoms with Gasteiger partial charge in [-0.1, -0.05) is 39.0 Å². The quantitative estimate of drug-likeness (QED) is 0.676. The van der Waals surface area contributed by atoms with Crippen LogP contribution in [0.3, 0.4) is 0 Å². The summed E-state index contributed by atoms with van der Waals surface area (Å²) in [4.78, 5) is 14.6. The minimum atomic E-state index is -0.331. The molecule has 4 heteroatoms. The van der Waals surface area contributed by atoms with Gasteiger partial charge in [-0.15, -0.1) is 11.3 Å². The summed E-state index contributed by atoms with van der Waals surface area (Å²) in [5, 5.41) is 3.16. The number of carbonyl (C=O) groups is 1. The SMILES string of the molecule is CC(C)(C)c1cc2ccccc2[nH]1.Cc1ccsc1C(N)=O. The maximum absolute atomic E-state index is 10.5. The molecule has 0 fully saturated rings. The van der Waals surface area contributed by atoms with Crippen LogP contribution in [-0.4, -0.2) is 10.9 Å². The van der Waals surface area contributed by atoms with Gasteiger partial charge in [-0.3, -0.25) is 4.79 Å². The van der Waals surface area contributed by atoms with Crippen molar-refractivity contribution >= 4 is 28.1 Å². The van der Waals surface area contributed by atoms with E-state index < -0.39 is 0 Å². The molecule has 0 radical (unpaired) electrons. The molecule has 0 aliphatic carbocycles. The third-order valence-corrected chi connectivity index (χ3v) is 4.45. The van der Waals surface area contributed by atoms with Crippen molar-refractivity contribution in [2.45, 2.75) is 33.1 Å². The Morgan fingerprint density at radius 1 is 1.18 bits per heavy atom. The number of thiophene rings is 1. The number of nitrogens with one attached hydrogen (secondary N) is 1. The first-order valence-corrected chi connectivity index (χ1v) is 8.09. The number of aromatic amines is 1. The average molecular weight is 314 g/mol. The second-order valence-electron chi connectivity index (χ2n) is 6.32. The Labute approximate surface area is 135 Å². The van der Waals surface area contributed by atoms with E-state index in [0.29, 0.717) is 4.88 Å². The predicted molar refractivity (Wildman–Crippen MR) is 94.6 cm³/mol. The van der Waals surface area contributed by atoms with Crippen molar-refractivity contribution in [1.29, 1.82) is 0 Å². The lowest BCUT2D eigenvalue weighted by atomic mass is 9.92. The van der Waals surface area contributed by atoms with Crippen LogP contribution in [0.5, 0.6) is 0 Å². The van der Waals surface area contributed by atoms with E-state index in [0.717, 1.165) is 5.56 Å². The van der Waals surface area contributed by atoms with Crippen molar-refractivity contribution in [3.05, 3.63) is 57.9 Å². The first-order valence-electron chi connectivity index (χ1n) is 7.21. The van der Waals surface area contributed by atoms with Crippen molar-refractivity contribution < 1.29 is 4.79 Å². The Morgan fingerprint density at radius 2 is 1.86 bits per heavy atom. The van der Waals surface area contributed by atoms with Crippen molar-refractivity contribution in [3.63, 3.8) is 0 Å². The fourth-order valence-corrected chi connectivity index (χ4v) is 2.88. The molecule has 3 rings (SSSR count). The van der Waals surface area contributed by atoms with Crippen LogP contribution in [0.25, 0.3) is 10.9 Å². The molecule has 116 valence electrons. The van der Waals surface area contributed by atoms with Gasteiger partial charge in [0.25, 0.3) is 5.91 Å². The van der Waals surface area contributed by atoms with Crippen molar-refractivity contribution in [1.82, 2.24) is 4.98 Å². The Morgan fingerprint density at radius 3 is 2.32 bits per heavy atom. The number of aromatic nitrogens is 1. The highest BCUT2D eigenvalue weighted by atomic mass is 32.1. The number of rotatable bonds is 1. The van der Waals surface area contributed by atoms with Crippen LogP contribution in [-0.2, 0) is 5.41 Å². The average Bonchev–Trinajstić information content (AvgIpc) is 3.04. The van der Waals surface area contributed by atoms with Crippen LogP contribution in [0.4, 0.5) is 0 Å². The normalized spacial score (nSPS) is 11.1. The third kappa shape index (κ3) is 3.77. The van der Waals surface area contributed by atoms with Crippen LogP contribution in [0.15, 0.2) is 41.8 Å². The maximum Gasteiger partial charge on any atom is 0.259 e. The van der Waals surface area contributed by atoms with E-state index in [4.69, 9.17) is 5.73 Å². The highest BCUT2D eigenvalue weighted by Gasteiger charge is 2.15. The summed E-state index contributed by atoms with van der Waals surface area (Å²) in [5.74, 6) is -0.331. The number of H-pyrrole nitrogens is 1. The summed E-state index contributed by atoms with van der Waals surface area (Å²) in [6.07, 6.45) is 0. The standard InChI is InChI=1S/C12H15N.C6H7NOS/c1-12(2,3)11-8-9-6-4-5-7-10(9)13-11;1-4-2-3-9-5(4)6(7)8/h4-8,13H,1-3H3;2-3H,1H3,(H2,7,8). The molecule has 3 N–H and O–H groups in total. The van der Waals surface area contributed by atoms with E-state index in [2.05, 4.69) is 56.1 Å². The van der Waals surface area contributed by atoms with Crippen molar-refractivity contribution in [2.24, 2.45) is 5.73 Å². The summed E-state index contributed by atoms with van der Waals surface area (Å²) in [7, 11) is 0. The van der Waals surface area contributed by atoms with E-state index in [1.807, 2.05) is 18.4 Å². The van der Waals surface area contributed by atoms with E-state index in [1.54, 1.807) is 0 Å². The van der Waals surface area contributed by atoms with Gasteiger partial charge in [0.2, 0.25) is 0 Å². The zero-order chi connectivity index (χ0) is 16.3. The highest BCUT2D eigenvalue weighted by Crippen LogP contribution is 2.25. The first kappa shape index (κ1) is 16.3. The molecule has 0 atom stereocenters. The van der Waals surface area contributed by atoms with E-state index in [9.17, 15) is 4.79 Å². The number of amides is 1. The van der Waals surface area contributed by atoms with Gasteiger partial charge in [0.1, 0.15) is 0 Å². The summed E-state index contributed by atoms with van der Waals surface area (Å²) in [6.45, 7) is 8.53. The molecule has 1 aromatic carbocycles. The molecule has 0 saturated heterocycles. The van der Waals surface area contributed by atoms with Crippen molar-refractivity contribution in [2.75, 3.05) is 0 Å². The zero-order valence-electron chi connectivity index (χ0n) is 13.4. The second kappa shape index (κ2) is 6.36. The smallest absolute Gasteiger partial charge is 0.259 e. The van der Waals surface area contributed by atoms with Gasteiger partial charge >= 0.3 is 0 Å². The number of hydrogen-bond acceptors (Lipinski definition) is 2. The van der Waals surface area contributed by atoms with Gasteiger partial charge in [-0.05, 0) is 41.5 Å². The molecule has 0 saturated carbocycles. The van der Waals surface area contributed by atoms with Crippen LogP contribution in [0.1, 0.15) is 41.7 Å². The number of para-hydroxylation sites is 1. The molecule has 2 aromatic heterocycles. The number of aryl methyl sites for hydroxylation is 1. The molecule has 3 aromatic rings. The Kier molecular flexibility index (Phi) is 4.71. The highest BCUT2D eigenvalue weighted by molar-refractivity contribution is 7.12. The van der Waals surface area contributed by atoms with E-state index in [-0.39, 0.29) is 11.3 Å². The summed E-state index contributed by atoms with van der Waals surface area (Å²) in [6, 6.07) is 12.5. The fourth-order valence-electron chi connectivity index (χ4n) is 2.10. The van der Waals surface area contributed by atoms with Crippen LogP contribution < -0.4 is 5.73 Å². The van der Waals surface area contributed by atoms with E-state index in [1.165, 1.54) is 27.9 Å². The number of benzene rings is 1. The van der Waals surface area contributed by atoms with Gasteiger partial charge in [-0.25, -0.2) is 0 Å². The van der Waals surface area contributed by atoms with Gasteiger partial charge in [-0.2, -0.15) is 0 Å². The number of nitrogens with two attached hydrogens (primary N) is 1. The van der Waals surface area contributed by atoms with Crippen LogP contribution in [0, 0.1) is 6.92 Å². The summed E-state index contributed by atoms with van der Waals surface area (Å²) >= 11 is 1.38. The first-order chi connectivity index (χ1) is 10.3. The van der Waals surface area contributed by atoms with Crippen LogP contribution in [0.2, 0.25) is 0 Å². The number of primary amides is 1. The lowest BCUT2D eigenvalue weighted by Crippen LogP contribution is -2.10. The molecule has 0 spiro atoms. The van der Waals surface area contributed by atoms with Gasteiger partial charge in [0, 0.05) is 16.6 Å². The molecule has 2 heterocycles. The topological polar surface area (TPSA) is 58.9 Å². The molecule has 0 unspecified atom stereocenters. The molecule has 3 nitrogen and oxygen atoms in total. The molecular weight excluding hydrogens is 292 g/mol. The second-order valence-corrected chi connectivity index (χ2v) is 7.23. The number of carbonyl (C=O) groups excluding carboxylic acids is 1. The third-order valence-electron chi connectivity index (χ3n) is 3.42. The lowest BCUT2D eigenvalue weighted by Gasteiger charge is -2.15. The van der Waals surface area contributed by atoms with E-state index >= 15 is 0 Å². The summed E-state index contributed by atoms with van der Waals surface area (Å²) in [5.41, 5.74) is 8.73. The Bertz CT molecular complexity index is 745. The number of fused-ring (bicyclic) bond motifs is 1. The molecule has 1 amide bonds. The molecule has 0 bridgehead atoms. The lowest BCUT2D eigenvalue weighted by molar-refractivity contribution is 0.100. The Hall–Kier alpha value is -2.07. The minimum Gasteiger partial charge on any atom is -0.365 e. The maximum atomic E-state index is 10.5. The zero-order valence-corrected chi connectivity index (χ0v) is 14.3. The molecule has 22 heavy (non-hydrogen) atoms. The summed E-state index contributed by atoms with van der Waals surface area (Å²) < 4.78 is 0. The van der Waals surface area contributed by atoms with Gasteiger partial charge < -0.3 is 10.7 Å². The van der Waals surface area contributed by atoms with Gasteiger partial charge in [0.15, 0.2) is 0 Å².